The Balaban J connectivity index is 2.89. The number of hydrogen-bond acceptors (Lipinski definition) is 1. The maximum atomic E-state index is 13.2. The predicted molar refractivity (Wildman–Crippen MR) is 61.1 cm³/mol. The fraction of sp³-hybridized carbons (Fsp3) is 0.125. The van der Waals surface area contributed by atoms with E-state index in [2.05, 4.69) is 43.6 Å². The smallest absolute Gasteiger partial charge is 0.138 e. The van der Waals surface area contributed by atoms with Crippen LogP contribution in [0.4, 0.5) is 4.39 Å². The van der Waals surface area contributed by atoms with Gasteiger partial charge in [0.25, 0.3) is 0 Å². The normalized spacial score (nSPS) is 11.1. The molecule has 0 aliphatic carbocycles. The predicted octanol–water partition coefficient (Wildman–Crippen LogP) is 3.08. The molecule has 0 aliphatic rings. The van der Waals surface area contributed by atoms with Crippen LogP contribution in [0.25, 0.3) is 10.9 Å². The molecule has 1 heterocycles. The largest absolute Gasteiger partial charge is 0.261 e. The third-order valence-electron chi connectivity index (χ3n) is 1.80. The highest BCUT2D eigenvalue weighted by Gasteiger charge is 2.09. The molecule has 0 saturated carbocycles. The Labute approximate surface area is 96.4 Å². The number of nitrogens with zero attached hydrogens (tertiary/aromatic N) is 2. The second kappa shape index (κ2) is 3.20. The van der Waals surface area contributed by atoms with E-state index < -0.39 is 0 Å². The van der Waals surface area contributed by atoms with Crippen LogP contribution in [0, 0.1) is 9.52 Å². The average molecular weight is 355 g/mol. The number of aromatic nitrogens is 2. The van der Waals surface area contributed by atoms with E-state index in [0.29, 0.717) is 4.47 Å². The Morgan fingerprint density at radius 1 is 1.54 bits per heavy atom. The second-order valence-electron chi connectivity index (χ2n) is 2.70. The Morgan fingerprint density at radius 2 is 2.23 bits per heavy atom. The zero-order valence-corrected chi connectivity index (χ0v) is 10.4. The van der Waals surface area contributed by atoms with Crippen LogP contribution in [-0.4, -0.2) is 9.78 Å². The average Bonchev–Trinajstić information content (AvgIpc) is 2.32. The van der Waals surface area contributed by atoms with Crippen molar-refractivity contribution in [2.24, 2.45) is 7.05 Å². The Hall–Kier alpha value is -0.170. The standard InChI is InChI=1S/C8H5BrFIN2/c1-13-8(11)4-2-6(10)5(9)3-7(4)12-13/h2-3H,1H3. The summed E-state index contributed by atoms with van der Waals surface area (Å²) < 4.78 is 16.3. The number of rotatable bonds is 0. The Morgan fingerprint density at radius 3 is 2.92 bits per heavy atom. The van der Waals surface area contributed by atoms with Gasteiger partial charge in [-0.05, 0) is 50.7 Å². The van der Waals surface area contributed by atoms with Crippen LogP contribution in [0.15, 0.2) is 16.6 Å². The number of halogens is 3. The molecule has 0 saturated heterocycles. The molecule has 0 atom stereocenters. The van der Waals surface area contributed by atoms with Gasteiger partial charge < -0.3 is 0 Å². The summed E-state index contributed by atoms with van der Waals surface area (Å²) in [5, 5.41) is 5.08. The van der Waals surface area contributed by atoms with Crippen LogP contribution < -0.4 is 0 Å². The molecule has 2 rings (SSSR count). The minimum atomic E-state index is -0.251. The van der Waals surface area contributed by atoms with Gasteiger partial charge in [-0.25, -0.2) is 4.39 Å². The molecule has 2 aromatic rings. The lowest BCUT2D eigenvalue weighted by Crippen LogP contribution is -1.91. The molecular formula is C8H5BrFIN2. The lowest BCUT2D eigenvalue weighted by Gasteiger charge is -1.93. The van der Waals surface area contributed by atoms with Crippen molar-refractivity contribution in [1.29, 1.82) is 0 Å². The zero-order chi connectivity index (χ0) is 9.59. The molecular weight excluding hydrogens is 350 g/mol. The molecule has 0 fully saturated rings. The summed E-state index contributed by atoms with van der Waals surface area (Å²) in [5.41, 5.74) is 0.806. The summed E-state index contributed by atoms with van der Waals surface area (Å²) in [4.78, 5) is 0. The van der Waals surface area contributed by atoms with Gasteiger partial charge in [-0.15, -0.1) is 0 Å². The van der Waals surface area contributed by atoms with Gasteiger partial charge in [0.05, 0.1) is 9.99 Å². The number of aryl methyl sites for hydroxylation is 1. The molecule has 0 aliphatic heterocycles. The Kier molecular flexibility index (Phi) is 2.31. The third kappa shape index (κ3) is 1.48. The van der Waals surface area contributed by atoms with E-state index in [9.17, 15) is 4.39 Å². The van der Waals surface area contributed by atoms with Crippen LogP contribution in [0.3, 0.4) is 0 Å². The summed E-state index contributed by atoms with van der Waals surface area (Å²) in [6, 6.07) is 3.18. The highest BCUT2D eigenvalue weighted by molar-refractivity contribution is 14.1. The van der Waals surface area contributed by atoms with Gasteiger partial charge in [0, 0.05) is 12.4 Å². The van der Waals surface area contributed by atoms with Crippen molar-refractivity contribution in [3.63, 3.8) is 0 Å². The van der Waals surface area contributed by atoms with Crippen molar-refractivity contribution in [3.05, 3.63) is 26.1 Å². The quantitative estimate of drug-likeness (QED) is 0.665. The maximum Gasteiger partial charge on any atom is 0.138 e. The van der Waals surface area contributed by atoms with Gasteiger partial charge in [0.2, 0.25) is 0 Å². The fourth-order valence-electron chi connectivity index (χ4n) is 1.16. The zero-order valence-electron chi connectivity index (χ0n) is 6.68. The van der Waals surface area contributed by atoms with E-state index in [0.717, 1.165) is 14.6 Å². The van der Waals surface area contributed by atoms with E-state index in [1.54, 1.807) is 10.7 Å². The van der Waals surface area contributed by atoms with Gasteiger partial charge in [-0.2, -0.15) is 5.10 Å². The molecule has 1 aromatic heterocycles. The maximum absolute atomic E-state index is 13.2. The molecule has 0 bridgehead atoms. The highest BCUT2D eigenvalue weighted by atomic mass is 127. The summed E-state index contributed by atoms with van der Waals surface area (Å²) >= 11 is 5.27. The topological polar surface area (TPSA) is 17.8 Å². The van der Waals surface area contributed by atoms with Crippen molar-refractivity contribution < 1.29 is 4.39 Å². The number of benzene rings is 1. The van der Waals surface area contributed by atoms with Gasteiger partial charge >= 0.3 is 0 Å². The van der Waals surface area contributed by atoms with Gasteiger partial charge in [-0.1, -0.05) is 0 Å². The van der Waals surface area contributed by atoms with E-state index in [1.165, 1.54) is 6.07 Å². The molecule has 5 heteroatoms. The summed E-state index contributed by atoms with van der Waals surface area (Å²) in [5.74, 6) is -0.251. The summed E-state index contributed by atoms with van der Waals surface area (Å²) in [6.45, 7) is 0. The lowest BCUT2D eigenvalue weighted by atomic mass is 10.2. The van der Waals surface area contributed by atoms with Crippen LogP contribution in [-0.2, 0) is 7.05 Å². The first kappa shape index (κ1) is 9.39. The van der Waals surface area contributed by atoms with E-state index in [1.807, 2.05) is 7.05 Å². The van der Waals surface area contributed by atoms with Crippen LogP contribution in [0.1, 0.15) is 0 Å². The van der Waals surface area contributed by atoms with Crippen molar-refractivity contribution >= 4 is 49.4 Å². The summed E-state index contributed by atoms with van der Waals surface area (Å²) in [7, 11) is 1.84. The lowest BCUT2D eigenvalue weighted by molar-refractivity contribution is 0.623. The van der Waals surface area contributed by atoms with E-state index in [4.69, 9.17) is 0 Å². The number of hydrogen-bond donors (Lipinski definition) is 0. The second-order valence-corrected chi connectivity index (χ2v) is 4.57. The van der Waals surface area contributed by atoms with Crippen LogP contribution in [0.2, 0.25) is 0 Å². The van der Waals surface area contributed by atoms with E-state index >= 15 is 0 Å². The summed E-state index contributed by atoms with van der Waals surface area (Å²) in [6.07, 6.45) is 0. The molecule has 0 N–H and O–H groups in total. The minimum absolute atomic E-state index is 0.251. The number of fused-ring (bicyclic) bond motifs is 1. The van der Waals surface area contributed by atoms with Crippen LogP contribution in [0.5, 0.6) is 0 Å². The Bertz CT molecular complexity index is 480. The first-order chi connectivity index (χ1) is 6.09. The SMILES string of the molecule is Cn1nc2cc(Br)c(F)cc2c1I. The van der Waals surface area contributed by atoms with Crippen molar-refractivity contribution in [2.75, 3.05) is 0 Å². The van der Waals surface area contributed by atoms with Gasteiger partial charge in [-0.3, -0.25) is 4.68 Å². The van der Waals surface area contributed by atoms with Crippen molar-refractivity contribution in [1.82, 2.24) is 9.78 Å². The molecule has 0 spiro atoms. The molecule has 0 radical (unpaired) electrons. The highest BCUT2D eigenvalue weighted by Crippen LogP contribution is 2.25. The molecule has 0 amide bonds. The van der Waals surface area contributed by atoms with Crippen LogP contribution >= 0.6 is 38.5 Å². The molecule has 68 valence electrons. The van der Waals surface area contributed by atoms with Crippen molar-refractivity contribution in [3.8, 4) is 0 Å². The van der Waals surface area contributed by atoms with E-state index in [-0.39, 0.29) is 5.82 Å². The van der Waals surface area contributed by atoms with Gasteiger partial charge in [0.15, 0.2) is 0 Å². The molecule has 1 aromatic carbocycles. The fourth-order valence-corrected chi connectivity index (χ4v) is 2.04. The van der Waals surface area contributed by atoms with Crippen molar-refractivity contribution in [2.45, 2.75) is 0 Å². The minimum Gasteiger partial charge on any atom is -0.261 e. The first-order valence-corrected chi connectivity index (χ1v) is 5.44. The van der Waals surface area contributed by atoms with Gasteiger partial charge in [0.1, 0.15) is 9.52 Å². The third-order valence-corrected chi connectivity index (χ3v) is 3.69. The molecule has 0 unspecified atom stereocenters. The molecule has 2 nitrogen and oxygen atoms in total. The first-order valence-electron chi connectivity index (χ1n) is 3.57. The monoisotopic (exact) mass is 354 g/mol. The molecule has 13 heavy (non-hydrogen) atoms.